The quantitative estimate of drug-likeness (QED) is 0.300. The molecular weight excluding hydrogens is 200 g/mol. The smallest absolute Gasteiger partial charge is 0.759 e. The second kappa shape index (κ2) is 8.35. The van der Waals surface area contributed by atoms with Crippen molar-refractivity contribution in [2.75, 3.05) is 6.61 Å². The van der Waals surface area contributed by atoms with Crippen LogP contribution in [0, 0.1) is 0 Å². The molecule has 0 aliphatic carbocycles. The summed E-state index contributed by atoms with van der Waals surface area (Å²) in [7, 11) is -5.17. The van der Waals surface area contributed by atoms with Gasteiger partial charge in [0.1, 0.15) is 0 Å². The summed E-state index contributed by atoms with van der Waals surface area (Å²) in [4.78, 5) is 0. The van der Waals surface area contributed by atoms with Gasteiger partial charge in [-0.25, -0.2) is 0 Å². The van der Waals surface area contributed by atoms with Crippen LogP contribution in [0.15, 0.2) is 0 Å². The molecule has 0 unspecified atom stereocenters. The van der Waals surface area contributed by atoms with Crippen LogP contribution in [0.25, 0.3) is 0 Å². The number of hydrogen-bond acceptors (Lipinski definition) is 5. The molecule has 0 heterocycles. The zero-order valence-electron chi connectivity index (χ0n) is 4.50. The SMILES string of the molecule is CCO.O=S(=O)([O-])[O-].[Cu+2]. The van der Waals surface area contributed by atoms with Crippen LogP contribution in [0.1, 0.15) is 6.92 Å². The molecule has 1 radical (unpaired) electrons. The van der Waals surface area contributed by atoms with E-state index in [1.807, 2.05) is 0 Å². The van der Waals surface area contributed by atoms with E-state index in [1.54, 1.807) is 6.92 Å². The first-order valence-electron chi connectivity index (χ1n) is 1.69. The molecule has 0 amide bonds. The molecule has 0 atom stereocenters. The zero-order valence-corrected chi connectivity index (χ0v) is 6.26. The maximum Gasteiger partial charge on any atom is 2.00 e. The van der Waals surface area contributed by atoms with Crippen molar-refractivity contribution in [3.05, 3.63) is 0 Å². The van der Waals surface area contributed by atoms with Crippen LogP contribution >= 0.6 is 0 Å². The molecule has 0 aliphatic rings. The van der Waals surface area contributed by atoms with E-state index in [0.717, 1.165) is 0 Å². The molecular formula is C2H6CuO5S. The first-order valence-corrected chi connectivity index (χ1v) is 3.02. The van der Waals surface area contributed by atoms with Gasteiger partial charge in [-0.05, 0) is 6.92 Å². The first kappa shape index (κ1) is 16.2. The Kier molecular flexibility index (Phi) is 15.0. The molecule has 0 fully saturated rings. The Balaban J connectivity index is -0.0000000800. The summed E-state index contributed by atoms with van der Waals surface area (Å²) in [5, 5.41) is 7.57. The predicted molar refractivity (Wildman–Crippen MR) is 23.2 cm³/mol. The molecule has 0 saturated carbocycles. The molecule has 9 heavy (non-hydrogen) atoms. The Bertz CT molecular complexity index is 109. The molecule has 1 N–H and O–H groups in total. The summed E-state index contributed by atoms with van der Waals surface area (Å²) in [5.41, 5.74) is 0. The van der Waals surface area contributed by atoms with Crippen molar-refractivity contribution >= 4 is 10.4 Å². The van der Waals surface area contributed by atoms with Crippen molar-refractivity contribution in [2.24, 2.45) is 0 Å². The average molecular weight is 206 g/mol. The fraction of sp³-hybridized carbons (Fsp3) is 1.00. The summed E-state index contributed by atoms with van der Waals surface area (Å²) >= 11 is 0. The van der Waals surface area contributed by atoms with Crippen LogP contribution in [0.3, 0.4) is 0 Å². The summed E-state index contributed by atoms with van der Waals surface area (Å²) < 4.78 is 34.1. The van der Waals surface area contributed by atoms with E-state index in [1.165, 1.54) is 0 Å². The molecule has 5 nitrogen and oxygen atoms in total. The van der Waals surface area contributed by atoms with Crippen molar-refractivity contribution in [3.8, 4) is 0 Å². The minimum Gasteiger partial charge on any atom is -0.759 e. The van der Waals surface area contributed by atoms with E-state index in [2.05, 4.69) is 0 Å². The van der Waals surface area contributed by atoms with Gasteiger partial charge in [0, 0.05) is 17.0 Å². The maximum atomic E-state index is 8.52. The van der Waals surface area contributed by atoms with Gasteiger partial charge in [-0.3, -0.25) is 8.42 Å². The molecule has 0 spiro atoms. The van der Waals surface area contributed by atoms with E-state index < -0.39 is 10.4 Å². The van der Waals surface area contributed by atoms with Gasteiger partial charge in [-0.2, -0.15) is 0 Å². The van der Waals surface area contributed by atoms with E-state index in [-0.39, 0.29) is 23.7 Å². The Morgan fingerprint density at radius 1 is 1.44 bits per heavy atom. The normalized spacial score (nSPS) is 8.44. The predicted octanol–water partition coefficient (Wildman–Crippen LogP) is -1.34. The third-order valence-electron chi connectivity index (χ3n) is 0. The van der Waals surface area contributed by atoms with Crippen molar-refractivity contribution in [3.63, 3.8) is 0 Å². The molecule has 0 aromatic carbocycles. The molecule has 0 aromatic heterocycles. The van der Waals surface area contributed by atoms with Gasteiger partial charge in [0.25, 0.3) is 0 Å². The zero-order chi connectivity index (χ0) is 7.21. The summed E-state index contributed by atoms with van der Waals surface area (Å²) in [6, 6.07) is 0. The van der Waals surface area contributed by atoms with E-state index in [0.29, 0.717) is 0 Å². The van der Waals surface area contributed by atoms with Gasteiger partial charge in [-0.1, -0.05) is 0 Å². The molecule has 0 aromatic rings. The summed E-state index contributed by atoms with van der Waals surface area (Å²) in [5.74, 6) is 0. The van der Waals surface area contributed by atoms with E-state index in [9.17, 15) is 0 Å². The Morgan fingerprint density at radius 3 is 1.44 bits per heavy atom. The van der Waals surface area contributed by atoms with Gasteiger partial charge < -0.3 is 14.2 Å². The summed E-state index contributed by atoms with van der Waals surface area (Å²) in [6.45, 7) is 1.93. The molecule has 7 heteroatoms. The van der Waals surface area contributed by atoms with Gasteiger partial charge in [-0.15, -0.1) is 0 Å². The van der Waals surface area contributed by atoms with Gasteiger partial charge >= 0.3 is 17.1 Å². The third-order valence-corrected chi connectivity index (χ3v) is 0. The van der Waals surface area contributed by atoms with Crippen LogP contribution in [-0.2, 0) is 27.5 Å². The molecule has 0 saturated heterocycles. The van der Waals surface area contributed by atoms with Gasteiger partial charge in [0.15, 0.2) is 0 Å². The number of hydrogen-bond donors (Lipinski definition) is 1. The molecule has 0 aliphatic heterocycles. The maximum absolute atomic E-state index is 8.52. The van der Waals surface area contributed by atoms with Gasteiger partial charge in [0.05, 0.1) is 0 Å². The molecule has 0 rings (SSSR count). The monoisotopic (exact) mass is 205 g/mol. The van der Waals surface area contributed by atoms with Crippen LogP contribution < -0.4 is 0 Å². The van der Waals surface area contributed by atoms with Crippen molar-refractivity contribution in [2.45, 2.75) is 6.92 Å². The largest absolute Gasteiger partial charge is 2.00 e. The van der Waals surface area contributed by atoms with Crippen LogP contribution in [-0.4, -0.2) is 29.2 Å². The minimum atomic E-state index is -5.17. The Morgan fingerprint density at radius 2 is 1.44 bits per heavy atom. The number of aliphatic hydroxyl groups is 1. The van der Waals surface area contributed by atoms with Crippen LogP contribution in [0.4, 0.5) is 0 Å². The van der Waals surface area contributed by atoms with E-state index >= 15 is 0 Å². The molecule has 61 valence electrons. The van der Waals surface area contributed by atoms with Crippen molar-refractivity contribution in [1.82, 2.24) is 0 Å². The Hall–Kier alpha value is 0.349. The topological polar surface area (TPSA) is 100 Å². The van der Waals surface area contributed by atoms with E-state index in [4.69, 9.17) is 22.6 Å². The standard InChI is InChI=1S/C2H6O.Cu.H2O4S/c1-2-3;;1-5(2,3)4/h3H,2H2,1H3;;(H2,1,2,3,4)/q;+2;/p-2. The fourth-order valence-electron chi connectivity index (χ4n) is 0. The summed E-state index contributed by atoms with van der Waals surface area (Å²) in [6.07, 6.45) is 0. The second-order valence-electron chi connectivity index (χ2n) is 0.724. The number of rotatable bonds is 0. The average Bonchev–Trinajstić information content (AvgIpc) is 1.27. The van der Waals surface area contributed by atoms with Crippen LogP contribution in [0.2, 0.25) is 0 Å². The van der Waals surface area contributed by atoms with Gasteiger partial charge in [0.2, 0.25) is 0 Å². The second-order valence-corrected chi connectivity index (χ2v) is 1.54. The minimum absolute atomic E-state index is 0. The number of aliphatic hydroxyl groups excluding tert-OH is 1. The Labute approximate surface area is 64.1 Å². The molecule has 0 bridgehead atoms. The third kappa shape index (κ3) is 2760. The fourth-order valence-corrected chi connectivity index (χ4v) is 0. The first-order chi connectivity index (χ1) is 3.41. The van der Waals surface area contributed by atoms with Crippen molar-refractivity contribution < 1.29 is 39.7 Å². The van der Waals surface area contributed by atoms with Crippen molar-refractivity contribution in [1.29, 1.82) is 0 Å². The van der Waals surface area contributed by atoms with Crippen LogP contribution in [0.5, 0.6) is 0 Å².